The lowest BCUT2D eigenvalue weighted by atomic mass is 9.47. The zero-order chi connectivity index (χ0) is 24.6. The van der Waals surface area contributed by atoms with Gasteiger partial charge in [-0.3, -0.25) is 0 Å². The Morgan fingerprint density at radius 3 is 2.66 bits per heavy atom. The lowest BCUT2D eigenvalue weighted by Crippen LogP contribution is -2.50. The first-order chi connectivity index (χ1) is 16.6. The summed E-state index contributed by atoms with van der Waals surface area (Å²) in [5.41, 5.74) is 10.7. The molecule has 1 heterocycles. The van der Waals surface area contributed by atoms with Gasteiger partial charge in [-0.2, -0.15) is 0 Å². The van der Waals surface area contributed by atoms with E-state index in [0.29, 0.717) is 28.8 Å². The molecule has 0 radical (unpaired) electrons. The highest BCUT2D eigenvalue weighted by molar-refractivity contribution is 5.79. The predicted octanol–water partition coefficient (Wildman–Crippen LogP) is 7.44. The van der Waals surface area contributed by atoms with Gasteiger partial charge in [-0.05, 0) is 124 Å². The van der Waals surface area contributed by atoms with Crippen molar-refractivity contribution < 1.29 is 4.74 Å². The molecule has 4 nitrogen and oxygen atoms in total. The van der Waals surface area contributed by atoms with Crippen molar-refractivity contribution in [3.8, 4) is 0 Å². The Morgan fingerprint density at radius 2 is 1.86 bits per heavy atom. The number of aromatic nitrogens is 2. The van der Waals surface area contributed by atoms with E-state index in [1.807, 2.05) is 6.20 Å². The van der Waals surface area contributed by atoms with Crippen molar-refractivity contribution in [1.29, 1.82) is 0 Å². The van der Waals surface area contributed by atoms with Gasteiger partial charge in [0, 0.05) is 11.6 Å². The number of hydrogen-bond donors (Lipinski definition) is 1. The fraction of sp³-hybridized carbons (Fsp3) is 0.677. The first-order valence-electron chi connectivity index (χ1n) is 14.0. The summed E-state index contributed by atoms with van der Waals surface area (Å²) in [5, 5.41) is 1.12. The van der Waals surface area contributed by atoms with Crippen molar-refractivity contribution in [3.05, 3.63) is 41.6 Å². The molecule has 3 fully saturated rings. The molecule has 4 aliphatic carbocycles. The molecule has 0 unspecified atom stereocenters. The smallest absolute Gasteiger partial charge is 0.220 e. The number of nitrogens with two attached hydrogens (primary N) is 1. The molecule has 4 aliphatic rings. The number of rotatable bonds is 2. The van der Waals surface area contributed by atoms with Gasteiger partial charge in [-0.25, -0.2) is 9.97 Å². The van der Waals surface area contributed by atoms with Gasteiger partial charge in [0.1, 0.15) is 0 Å². The minimum absolute atomic E-state index is 0.0524. The number of hydrogen-bond acceptors (Lipinski definition) is 4. The summed E-state index contributed by atoms with van der Waals surface area (Å²) in [6.07, 6.45) is 15.3. The molecule has 0 aliphatic heterocycles. The van der Waals surface area contributed by atoms with Gasteiger partial charge >= 0.3 is 0 Å². The zero-order valence-electron chi connectivity index (χ0n) is 22.3. The van der Waals surface area contributed by atoms with E-state index in [2.05, 4.69) is 68.9 Å². The van der Waals surface area contributed by atoms with Crippen LogP contribution in [0.25, 0.3) is 10.9 Å². The fourth-order valence-electron chi connectivity index (χ4n) is 9.06. The Hall–Kier alpha value is -1.94. The molecule has 4 heteroatoms. The third kappa shape index (κ3) is 3.82. The SMILES string of the molecule is CC(C)(C)O[C@H]1CC[C@@]2(C)C(=CC[C@H]3[C@@H]4CC[C@H](c5ccc6nc(N)ncc6c5)[C@@]4(C)CC[C@@H]32)C1. The van der Waals surface area contributed by atoms with Crippen LogP contribution in [0.5, 0.6) is 0 Å². The molecule has 1 aromatic heterocycles. The van der Waals surface area contributed by atoms with Crippen LogP contribution in [0.4, 0.5) is 5.95 Å². The van der Waals surface area contributed by atoms with Crippen molar-refractivity contribution in [2.75, 3.05) is 5.73 Å². The quantitative estimate of drug-likeness (QED) is 0.460. The van der Waals surface area contributed by atoms with Gasteiger partial charge in [0.25, 0.3) is 0 Å². The summed E-state index contributed by atoms with van der Waals surface area (Å²) < 4.78 is 6.44. The molecule has 0 amide bonds. The Morgan fingerprint density at radius 1 is 1.03 bits per heavy atom. The highest BCUT2D eigenvalue weighted by atomic mass is 16.5. The van der Waals surface area contributed by atoms with Crippen LogP contribution < -0.4 is 5.73 Å². The van der Waals surface area contributed by atoms with Gasteiger partial charge < -0.3 is 10.5 Å². The maximum absolute atomic E-state index is 6.44. The second-order valence-corrected chi connectivity index (χ2v) is 13.6. The number of nitrogen functional groups attached to an aromatic ring is 1. The van der Waals surface area contributed by atoms with E-state index in [4.69, 9.17) is 10.5 Å². The molecular weight excluding hydrogens is 430 g/mol. The first-order valence-corrected chi connectivity index (χ1v) is 14.0. The Labute approximate surface area is 211 Å². The highest BCUT2D eigenvalue weighted by Gasteiger charge is 2.58. The van der Waals surface area contributed by atoms with Gasteiger partial charge in [0.15, 0.2) is 0 Å². The maximum Gasteiger partial charge on any atom is 0.220 e. The minimum atomic E-state index is -0.0524. The standard InChI is InChI=1S/C31H43N3O/c1-29(2,3)35-22-12-14-30(4)21(17-22)7-8-23-25-10-9-24(31(25,5)15-13-26(23)30)19-6-11-27-20(16-19)18-33-28(32)34-27/h6-7,11,16,18,22-26H,8-10,12-15,17H2,1-5H3,(H2,32,33,34)/t22-,23-,24+,25-,26-,30-,31+/m0/s1. The summed E-state index contributed by atoms with van der Waals surface area (Å²) in [6.45, 7) is 11.8. The molecule has 2 N–H and O–H groups in total. The summed E-state index contributed by atoms with van der Waals surface area (Å²) in [6, 6.07) is 6.81. The normalized spacial score (nSPS) is 39.0. The van der Waals surface area contributed by atoms with Crippen LogP contribution in [-0.2, 0) is 4.74 Å². The van der Waals surface area contributed by atoms with E-state index < -0.39 is 0 Å². The highest BCUT2D eigenvalue weighted by Crippen LogP contribution is 2.68. The summed E-state index contributed by atoms with van der Waals surface area (Å²) in [7, 11) is 0. The number of ether oxygens (including phenoxy) is 1. The molecule has 188 valence electrons. The molecule has 2 aromatic rings. The average Bonchev–Trinajstić information content (AvgIpc) is 3.15. The maximum atomic E-state index is 6.44. The van der Waals surface area contributed by atoms with Crippen molar-refractivity contribution in [2.45, 2.75) is 104 Å². The number of allylic oxidation sites excluding steroid dienone is 1. The largest absolute Gasteiger partial charge is 0.372 e. The molecule has 35 heavy (non-hydrogen) atoms. The van der Waals surface area contributed by atoms with Crippen LogP contribution in [0.15, 0.2) is 36.0 Å². The molecule has 7 atom stereocenters. The monoisotopic (exact) mass is 473 g/mol. The molecule has 6 rings (SSSR count). The first kappa shape index (κ1) is 23.5. The van der Waals surface area contributed by atoms with Crippen molar-refractivity contribution in [1.82, 2.24) is 9.97 Å². The third-order valence-electron chi connectivity index (χ3n) is 10.6. The molecule has 3 saturated carbocycles. The second kappa shape index (κ2) is 8.03. The number of fused-ring (bicyclic) bond motifs is 6. The molecule has 1 aromatic carbocycles. The van der Waals surface area contributed by atoms with E-state index in [0.717, 1.165) is 35.1 Å². The molecule has 0 saturated heterocycles. The van der Waals surface area contributed by atoms with E-state index >= 15 is 0 Å². The molecular formula is C31H43N3O. The molecule has 0 spiro atoms. The Bertz CT molecular complexity index is 1170. The van der Waals surface area contributed by atoms with Crippen LogP contribution in [-0.4, -0.2) is 21.7 Å². The van der Waals surface area contributed by atoms with Crippen molar-refractivity contribution in [2.24, 2.45) is 28.6 Å². The van der Waals surface area contributed by atoms with E-state index in [-0.39, 0.29) is 5.60 Å². The summed E-state index contributed by atoms with van der Waals surface area (Å²) >= 11 is 0. The summed E-state index contributed by atoms with van der Waals surface area (Å²) in [5.74, 6) is 3.47. The van der Waals surface area contributed by atoms with Crippen molar-refractivity contribution in [3.63, 3.8) is 0 Å². The van der Waals surface area contributed by atoms with Gasteiger partial charge in [-0.1, -0.05) is 31.6 Å². The summed E-state index contributed by atoms with van der Waals surface area (Å²) in [4.78, 5) is 8.67. The Kier molecular flexibility index (Phi) is 5.38. The van der Waals surface area contributed by atoms with Gasteiger partial charge in [-0.15, -0.1) is 0 Å². The van der Waals surface area contributed by atoms with Crippen LogP contribution in [0.1, 0.15) is 97.5 Å². The van der Waals surface area contributed by atoms with Crippen molar-refractivity contribution >= 4 is 16.9 Å². The van der Waals surface area contributed by atoms with Crippen LogP contribution in [0, 0.1) is 28.6 Å². The third-order valence-corrected chi connectivity index (χ3v) is 10.6. The van der Waals surface area contributed by atoms with Crippen LogP contribution >= 0.6 is 0 Å². The van der Waals surface area contributed by atoms with E-state index in [1.54, 1.807) is 5.57 Å². The van der Waals surface area contributed by atoms with Crippen LogP contribution in [0.3, 0.4) is 0 Å². The average molecular weight is 474 g/mol. The predicted molar refractivity (Wildman–Crippen MR) is 143 cm³/mol. The topological polar surface area (TPSA) is 61.0 Å². The fourth-order valence-corrected chi connectivity index (χ4v) is 9.06. The number of nitrogens with zero attached hydrogens (tertiary/aromatic N) is 2. The number of benzene rings is 1. The second-order valence-electron chi connectivity index (χ2n) is 13.6. The van der Waals surface area contributed by atoms with Crippen LogP contribution in [0.2, 0.25) is 0 Å². The Balaban J connectivity index is 1.26. The lowest BCUT2D eigenvalue weighted by molar-refractivity contribution is -0.0922. The van der Waals surface area contributed by atoms with Gasteiger partial charge in [0.05, 0.1) is 17.2 Å². The van der Waals surface area contributed by atoms with Gasteiger partial charge in [0.2, 0.25) is 5.95 Å². The van der Waals surface area contributed by atoms with E-state index in [9.17, 15) is 0 Å². The minimum Gasteiger partial charge on any atom is -0.372 e. The lowest BCUT2D eigenvalue weighted by Gasteiger charge is -2.58. The molecule has 0 bridgehead atoms. The number of anilines is 1. The zero-order valence-corrected chi connectivity index (χ0v) is 22.3. The van der Waals surface area contributed by atoms with E-state index in [1.165, 1.54) is 50.5 Å².